The topological polar surface area (TPSA) is 21.3 Å². The van der Waals surface area contributed by atoms with Crippen LogP contribution in [0.15, 0.2) is 24.3 Å². The second-order valence-corrected chi connectivity index (χ2v) is 6.77. The molecular weight excluding hydrogens is 258 g/mol. The summed E-state index contributed by atoms with van der Waals surface area (Å²) in [7, 11) is 0. The van der Waals surface area contributed by atoms with E-state index in [-0.39, 0.29) is 0 Å². The number of hydrogen-bond donors (Lipinski definition) is 1. The van der Waals surface area contributed by atoms with Crippen LogP contribution in [-0.4, -0.2) is 12.6 Å². The molecule has 0 unspecified atom stereocenters. The summed E-state index contributed by atoms with van der Waals surface area (Å²) in [5.41, 5.74) is 2.67. The molecule has 0 atom stereocenters. The lowest BCUT2D eigenvalue weighted by atomic mass is 10.1. The molecule has 1 N–H and O–H groups in total. The number of ether oxygens (including phenoxy) is 1. The Balaban J connectivity index is 1.77. The highest BCUT2D eigenvalue weighted by Crippen LogP contribution is 2.21. The van der Waals surface area contributed by atoms with Crippen LogP contribution in [-0.2, 0) is 17.9 Å². The first kappa shape index (κ1) is 16.5. The molecule has 118 valence electrons. The maximum absolute atomic E-state index is 6.13. The van der Waals surface area contributed by atoms with Gasteiger partial charge in [0.15, 0.2) is 0 Å². The van der Waals surface area contributed by atoms with Gasteiger partial charge in [-0.25, -0.2) is 0 Å². The van der Waals surface area contributed by atoms with Gasteiger partial charge >= 0.3 is 0 Å². The van der Waals surface area contributed by atoms with Gasteiger partial charge in [0.1, 0.15) is 0 Å². The Bertz CT molecular complexity index is 394. The summed E-state index contributed by atoms with van der Waals surface area (Å²) in [5.74, 6) is 0.701. The molecule has 1 aromatic rings. The van der Waals surface area contributed by atoms with Crippen molar-refractivity contribution < 1.29 is 4.74 Å². The Hall–Kier alpha value is -0.860. The molecule has 2 rings (SSSR count). The zero-order valence-corrected chi connectivity index (χ0v) is 13.7. The van der Waals surface area contributed by atoms with Gasteiger partial charge in [0.05, 0.1) is 12.7 Å². The van der Waals surface area contributed by atoms with Gasteiger partial charge in [-0.1, -0.05) is 63.8 Å². The summed E-state index contributed by atoms with van der Waals surface area (Å²) in [6.45, 7) is 7.27. The van der Waals surface area contributed by atoms with Crippen LogP contribution in [0.4, 0.5) is 0 Å². The van der Waals surface area contributed by atoms with Gasteiger partial charge in [-0.15, -0.1) is 0 Å². The molecule has 1 aliphatic rings. The lowest BCUT2D eigenvalue weighted by Crippen LogP contribution is -2.19. The summed E-state index contributed by atoms with van der Waals surface area (Å²) in [4.78, 5) is 0. The van der Waals surface area contributed by atoms with E-state index in [1.165, 1.54) is 49.7 Å². The summed E-state index contributed by atoms with van der Waals surface area (Å²) in [6, 6.07) is 8.81. The molecule has 2 heteroatoms. The number of rotatable bonds is 7. The highest BCUT2D eigenvalue weighted by molar-refractivity contribution is 5.22. The van der Waals surface area contributed by atoms with E-state index in [4.69, 9.17) is 4.74 Å². The third-order valence-electron chi connectivity index (χ3n) is 4.16. The Morgan fingerprint density at radius 3 is 2.52 bits per heavy atom. The van der Waals surface area contributed by atoms with Crippen molar-refractivity contribution >= 4 is 0 Å². The number of hydrogen-bond acceptors (Lipinski definition) is 2. The van der Waals surface area contributed by atoms with Gasteiger partial charge in [0, 0.05) is 6.54 Å². The van der Waals surface area contributed by atoms with Gasteiger partial charge in [-0.05, 0) is 36.4 Å². The predicted octanol–water partition coefficient (Wildman–Crippen LogP) is 4.67. The maximum Gasteiger partial charge on any atom is 0.0720 e. The predicted molar refractivity (Wildman–Crippen MR) is 89.3 cm³/mol. The summed E-state index contributed by atoms with van der Waals surface area (Å²) >= 11 is 0. The minimum absolute atomic E-state index is 0.482. The van der Waals surface area contributed by atoms with Gasteiger partial charge < -0.3 is 10.1 Å². The monoisotopic (exact) mass is 289 g/mol. The van der Waals surface area contributed by atoms with Crippen LogP contribution in [0.3, 0.4) is 0 Å². The van der Waals surface area contributed by atoms with Gasteiger partial charge in [0.25, 0.3) is 0 Å². The SMILES string of the molecule is CC(C)CNCc1cccc(COC2CCCCCC2)c1. The van der Waals surface area contributed by atoms with Crippen LogP contribution in [0.2, 0.25) is 0 Å². The van der Waals surface area contributed by atoms with Crippen molar-refractivity contribution in [2.45, 2.75) is 71.6 Å². The van der Waals surface area contributed by atoms with Crippen LogP contribution in [0, 0.1) is 5.92 Å². The Labute approximate surface area is 130 Å². The van der Waals surface area contributed by atoms with Crippen LogP contribution in [0.5, 0.6) is 0 Å². The van der Waals surface area contributed by atoms with E-state index < -0.39 is 0 Å². The summed E-state index contributed by atoms with van der Waals surface area (Å²) < 4.78 is 6.13. The average Bonchev–Trinajstić information content (AvgIpc) is 2.74. The molecule has 1 fully saturated rings. The lowest BCUT2D eigenvalue weighted by molar-refractivity contribution is 0.0309. The fraction of sp³-hybridized carbons (Fsp3) is 0.684. The first-order valence-corrected chi connectivity index (χ1v) is 8.64. The van der Waals surface area contributed by atoms with E-state index >= 15 is 0 Å². The minimum Gasteiger partial charge on any atom is -0.374 e. The molecule has 21 heavy (non-hydrogen) atoms. The molecule has 0 bridgehead atoms. The van der Waals surface area contributed by atoms with Crippen molar-refractivity contribution in [3.8, 4) is 0 Å². The summed E-state index contributed by atoms with van der Waals surface area (Å²) in [5, 5.41) is 3.50. The van der Waals surface area contributed by atoms with Crippen molar-refractivity contribution in [3.05, 3.63) is 35.4 Å². The quantitative estimate of drug-likeness (QED) is 0.736. The zero-order chi connectivity index (χ0) is 14.9. The molecule has 0 spiro atoms. The molecule has 0 saturated heterocycles. The van der Waals surface area contributed by atoms with Gasteiger partial charge in [-0.3, -0.25) is 0 Å². The number of benzene rings is 1. The van der Waals surface area contributed by atoms with E-state index in [1.807, 2.05) is 0 Å². The van der Waals surface area contributed by atoms with Crippen molar-refractivity contribution in [3.63, 3.8) is 0 Å². The molecule has 0 radical (unpaired) electrons. The largest absolute Gasteiger partial charge is 0.374 e. The average molecular weight is 289 g/mol. The molecule has 0 aliphatic heterocycles. The first-order chi connectivity index (χ1) is 10.2. The highest BCUT2D eigenvalue weighted by Gasteiger charge is 2.12. The van der Waals surface area contributed by atoms with E-state index in [9.17, 15) is 0 Å². The van der Waals surface area contributed by atoms with E-state index in [1.54, 1.807) is 0 Å². The molecule has 1 aliphatic carbocycles. The second-order valence-electron chi connectivity index (χ2n) is 6.77. The highest BCUT2D eigenvalue weighted by atomic mass is 16.5. The van der Waals surface area contributed by atoms with Crippen LogP contribution < -0.4 is 5.32 Å². The van der Waals surface area contributed by atoms with E-state index in [0.29, 0.717) is 12.0 Å². The smallest absolute Gasteiger partial charge is 0.0720 e. The van der Waals surface area contributed by atoms with Crippen LogP contribution in [0.1, 0.15) is 63.5 Å². The molecule has 1 saturated carbocycles. The normalized spacial score (nSPS) is 17.1. The van der Waals surface area contributed by atoms with Crippen molar-refractivity contribution in [2.75, 3.05) is 6.54 Å². The third kappa shape index (κ3) is 6.62. The molecule has 0 heterocycles. The first-order valence-electron chi connectivity index (χ1n) is 8.64. The Morgan fingerprint density at radius 1 is 1.10 bits per heavy atom. The van der Waals surface area contributed by atoms with Crippen molar-refractivity contribution in [2.24, 2.45) is 5.92 Å². The standard InChI is InChI=1S/C19H31NO/c1-16(2)13-20-14-17-8-7-9-18(12-17)15-21-19-10-5-3-4-6-11-19/h7-9,12,16,19-20H,3-6,10-11,13-15H2,1-2H3. The molecule has 0 amide bonds. The Morgan fingerprint density at radius 2 is 1.81 bits per heavy atom. The maximum atomic E-state index is 6.13. The molecular formula is C19H31NO. The van der Waals surface area contributed by atoms with E-state index in [2.05, 4.69) is 43.4 Å². The van der Waals surface area contributed by atoms with Crippen molar-refractivity contribution in [1.29, 1.82) is 0 Å². The fourth-order valence-corrected chi connectivity index (χ4v) is 2.96. The minimum atomic E-state index is 0.482. The second kappa shape index (κ2) is 9.22. The fourth-order valence-electron chi connectivity index (χ4n) is 2.96. The number of nitrogens with one attached hydrogen (secondary N) is 1. The van der Waals surface area contributed by atoms with Gasteiger partial charge in [0.2, 0.25) is 0 Å². The molecule has 2 nitrogen and oxygen atoms in total. The Kier molecular flexibility index (Phi) is 7.25. The zero-order valence-electron chi connectivity index (χ0n) is 13.7. The summed E-state index contributed by atoms with van der Waals surface area (Å²) in [6.07, 6.45) is 8.42. The lowest BCUT2D eigenvalue weighted by Gasteiger charge is -2.16. The van der Waals surface area contributed by atoms with Gasteiger partial charge in [-0.2, -0.15) is 0 Å². The molecule has 0 aromatic heterocycles. The molecule has 1 aromatic carbocycles. The van der Waals surface area contributed by atoms with Crippen molar-refractivity contribution in [1.82, 2.24) is 5.32 Å². The van der Waals surface area contributed by atoms with Crippen LogP contribution >= 0.6 is 0 Å². The van der Waals surface area contributed by atoms with Crippen LogP contribution in [0.25, 0.3) is 0 Å². The third-order valence-corrected chi connectivity index (χ3v) is 4.16. The van der Waals surface area contributed by atoms with E-state index in [0.717, 1.165) is 19.7 Å².